The minimum absolute atomic E-state index is 0.00817. The number of aliphatic hydroxyl groups excluding tert-OH is 2. The highest BCUT2D eigenvalue weighted by Crippen LogP contribution is 2.31. The summed E-state index contributed by atoms with van der Waals surface area (Å²) in [4.78, 5) is 20.0. The lowest BCUT2D eigenvalue weighted by atomic mass is 9.97. The number of carboxylic acid groups (broad SMARTS) is 1. The van der Waals surface area contributed by atoms with Crippen LogP contribution in [0.3, 0.4) is 0 Å². The van der Waals surface area contributed by atoms with Crippen LogP contribution < -0.4 is 5.32 Å². The van der Waals surface area contributed by atoms with Crippen molar-refractivity contribution in [2.75, 3.05) is 16.8 Å². The van der Waals surface area contributed by atoms with Crippen LogP contribution in [-0.4, -0.2) is 69.4 Å². The first kappa shape index (κ1) is 26.7. The van der Waals surface area contributed by atoms with Crippen molar-refractivity contribution in [1.82, 2.24) is 9.97 Å². The minimum atomic E-state index is -3.11. The predicted octanol–water partition coefficient (Wildman–Crippen LogP) is 2.60. The maximum absolute atomic E-state index is 13.6. The molecule has 190 valence electrons. The van der Waals surface area contributed by atoms with E-state index in [0.717, 1.165) is 0 Å². The lowest BCUT2D eigenvalue weighted by Crippen LogP contribution is -2.23. The van der Waals surface area contributed by atoms with Crippen LogP contribution in [0.2, 0.25) is 0 Å². The molecule has 3 rings (SSSR count). The van der Waals surface area contributed by atoms with Crippen LogP contribution in [0.4, 0.5) is 10.3 Å². The van der Waals surface area contributed by atoms with Crippen molar-refractivity contribution in [2.24, 2.45) is 0 Å². The van der Waals surface area contributed by atoms with Crippen LogP contribution in [-0.2, 0) is 14.6 Å². The Kier molecular flexibility index (Phi) is 8.57. The molecule has 0 amide bonds. The molecule has 1 aromatic heterocycles. The molecule has 9 nitrogen and oxygen atoms in total. The second-order valence-electron chi connectivity index (χ2n) is 9.01. The zero-order valence-corrected chi connectivity index (χ0v) is 20.4. The molecule has 1 unspecified atom stereocenters. The minimum Gasteiger partial charge on any atom is -0.481 e. The Bertz CT molecular complexity index is 1180. The van der Waals surface area contributed by atoms with E-state index in [0.29, 0.717) is 28.9 Å². The summed E-state index contributed by atoms with van der Waals surface area (Å²) in [5.41, 5.74) is 2.25. The van der Waals surface area contributed by atoms with Gasteiger partial charge in [0.1, 0.15) is 5.82 Å². The molecule has 0 saturated carbocycles. The van der Waals surface area contributed by atoms with Crippen molar-refractivity contribution < 1.29 is 32.9 Å². The van der Waals surface area contributed by atoms with Crippen molar-refractivity contribution in [3.63, 3.8) is 0 Å². The number of nitrogens with zero attached hydrogens (tertiary/aromatic N) is 2. The molecule has 2 heterocycles. The number of benzene rings is 1. The third-order valence-corrected chi connectivity index (χ3v) is 7.38. The van der Waals surface area contributed by atoms with Crippen LogP contribution in [0, 0.1) is 5.82 Å². The lowest BCUT2D eigenvalue weighted by Gasteiger charge is -2.18. The molecule has 0 radical (unpaired) electrons. The van der Waals surface area contributed by atoms with Crippen LogP contribution in [0.25, 0.3) is 17.3 Å². The number of aliphatic hydroxyl groups is 2. The number of rotatable bonds is 10. The number of aliphatic carboxylic acids is 1. The standard InChI is InChI=1S/C24H30FN3O6S/c1-14(2)22-20(8-7-18(29)11-19(30)12-21(31)32)23(15-3-5-16(25)6-4-15)28-24(27-22)26-17-9-10-35(33,34)13-17/h3-8,14,17-19,29-30H,9-13H2,1-2H3,(H,31,32)(H,26,27,28)/t17?,18-,19-/m1/s1. The van der Waals surface area contributed by atoms with Gasteiger partial charge in [0.25, 0.3) is 0 Å². The predicted molar refractivity (Wildman–Crippen MR) is 130 cm³/mol. The van der Waals surface area contributed by atoms with Crippen LogP contribution in [0.1, 0.15) is 50.3 Å². The summed E-state index contributed by atoms with van der Waals surface area (Å²) < 4.78 is 37.3. The van der Waals surface area contributed by atoms with Gasteiger partial charge in [-0.1, -0.05) is 26.0 Å². The summed E-state index contributed by atoms with van der Waals surface area (Å²) in [5.74, 6) is -1.32. The monoisotopic (exact) mass is 507 g/mol. The number of carbonyl (C=O) groups is 1. The third-order valence-electron chi connectivity index (χ3n) is 5.61. The normalized spacial score (nSPS) is 19.2. The summed E-state index contributed by atoms with van der Waals surface area (Å²) >= 11 is 0. The van der Waals surface area contributed by atoms with E-state index in [1.807, 2.05) is 13.8 Å². The molecule has 1 saturated heterocycles. The first-order chi connectivity index (χ1) is 16.4. The van der Waals surface area contributed by atoms with Gasteiger partial charge in [0, 0.05) is 23.6 Å². The number of anilines is 1. The summed E-state index contributed by atoms with van der Waals surface area (Å²) in [6.45, 7) is 3.84. The molecule has 4 N–H and O–H groups in total. The third kappa shape index (κ3) is 7.55. The Morgan fingerprint density at radius 1 is 1.23 bits per heavy atom. The highest BCUT2D eigenvalue weighted by atomic mass is 32.2. The van der Waals surface area contributed by atoms with Crippen LogP contribution in [0.5, 0.6) is 0 Å². The Hall–Kier alpha value is -2.89. The number of sulfone groups is 1. The average molecular weight is 508 g/mol. The van der Waals surface area contributed by atoms with Gasteiger partial charge in [-0.3, -0.25) is 4.79 Å². The van der Waals surface area contributed by atoms with E-state index < -0.39 is 40.3 Å². The highest BCUT2D eigenvalue weighted by Gasteiger charge is 2.29. The van der Waals surface area contributed by atoms with Gasteiger partial charge in [0.2, 0.25) is 5.95 Å². The molecule has 1 aromatic carbocycles. The fourth-order valence-corrected chi connectivity index (χ4v) is 5.60. The van der Waals surface area contributed by atoms with E-state index in [-0.39, 0.29) is 35.8 Å². The highest BCUT2D eigenvalue weighted by molar-refractivity contribution is 7.91. The molecule has 1 aliphatic rings. The van der Waals surface area contributed by atoms with E-state index in [2.05, 4.69) is 15.3 Å². The summed E-state index contributed by atoms with van der Waals surface area (Å²) in [5, 5.41) is 32.0. The lowest BCUT2D eigenvalue weighted by molar-refractivity contribution is -0.139. The zero-order chi connectivity index (χ0) is 25.8. The molecule has 3 atom stereocenters. The number of halogens is 1. The van der Waals surface area contributed by atoms with Gasteiger partial charge < -0.3 is 20.6 Å². The second-order valence-corrected chi connectivity index (χ2v) is 11.2. The van der Waals surface area contributed by atoms with Crippen LogP contribution >= 0.6 is 0 Å². The van der Waals surface area contributed by atoms with Gasteiger partial charge in [-0.2, -0.15) is 0 Å². The first-order valence-corrected chi connectivity index (χ1v) is 13.2. The average Bonchev–Trinajstić information content (AvgIpc) is 3.10. The van der Waals surface area contributed by atoms with Crippen LogP contribution in [0.15, 0.2) is 30.3 Å². The Balaban J connectivity index is 2.00. The van der Waals surface area contributed by atoms with E-state index in [1.54, 1.807) is 18.2 Å². The van der Waals surface area contributed by atoms with E-state index in [1.165, 1.54) is 18.2 Å². The van der Waals surface area contributed by atoms with Crippen molar-refractivity contribution in [2.45, 2.75) is 57.3 Å². The summed E-state index contributed by atoms with van der Waals surface area (Å²) in [6, 6.07) is 5.41. The molecule has 1 aliphatic heterocycles. The second kappa shape index (κ2) is 11.2. The largest absolute Gasteiger partial charge is 0.481 e. The quantitative estimate of drug-likeness (QED) is 0.380. The van der Waals surface area contributed by atoms with Crippen molar-refractivity contribution in [1.29, 1.82) is 0 Å². The van der Waals surface area contributed by atoms with Crippen molar-refractivity contribution >= 4 is 27.8 Å². The fourth-order valence-electron chi connectivity index (χ4n) is 3.92. The van der Waals surface area contributed by atoms with Gasteiger partial charge >= 0.3 is 5.97 Å². The summed E-state index contributed by atoms with van der Waals surface area (Å²) in [6.07, 6.45) is 0.507. The van der Waals surface area contributed by atoms with E-state index >= 15 is 0 Å². The van der Waals surface area contributed by atoms with Gasteiger partial charge in [0.15, 0.2) is 9.84 Å². The molecule has 2 aromatic rings. The Morgan fingerprint density at radius 2 is 1.91 bits per heavy atom. The van der Waals surface area contributed by atoms with Crippen molar-refractivity contribution in [3.8, 4) is 11.3 Å². The van der Waals surface area contributed by atoms with E-state index in [9.17, 15) is 27.8 Å². The molecule has 0 bridgehead atoms. The van der Waals surface area contributed by atoms with E-state index in [4.69, 9.17) is 5.11 Å². The molecular weight excluding hydrogens is 477 g/mol. The smallest absolute Gasteiger partial charge is 0.305 e. The molecule has 0 aliphatic carbocycles. The Labute approximate surface area is 203 Å². The van der Waals surface area contributed by atoms with Gasteiger partial charge in [0.05, 0.1) is 41.5 Å². The topological polar surface area (TPSA) is 150 Å². The number of hydrogen-bond acceptors (Lipinski definition) is 8. The molecule has 0 spiro atoms. The Morgan fingerprint density at radius 3 is 2.49 bits per heavy atom. The maximum atomic E-state index is 13.6. The van der Waals surface area contributed by atoms with Gasteiger partial charge in [-0.15, -0.1) is 0 Å². The number of aromatic nitrogens is 2. The fraction of sp³-hybridized carbons (Fsp3) is 0.458. The number of carboxylic acids is 1. The molecular formula is C24H30FN3O6S. The molecule has 1 fully saturated rings. The van der Waals surface area contributed by atoms with Gasteiger partial charge in [-0.25, -0.2) is 22.8 Å². The molecule has 11 heteroatoms. The zero-order valence-electron chi connectivity index (χ0n) is 19.6. The summed E-state index contributed by atoms with van der Waals surface area (Å²) in [7, 11) is -3.11. The first-order valence-electron chi connectivity index (χ1n) is 11.3. The number of nitrogens with one attached hydrogen (secondary N) is 1. The molecule has 35 heavy (non-hydrogen) atoms. The van der Waals surface area contributed by atoms with Crippen molar-refractivity contribution in [3.05, 3.63) is 47.4 Å². The number of hydrogen-bond donors (Lipinski definition) is 4. The van der Waals surface area contributed by atoms with Gasteiger partial charge in [-0.05, 0) is 36.6 Å². The SMILES string of the molecule is CC(C)c1nc(NC2CCS(=O)(=O)C2)nc(-c2ccc(F)cc2)c1C=C[C@@H](O)C[C@@H](O)CC(=O)O. The maximum Gasteiger partial charge on any atom is 0.305 e.